The van der Waals surface area contributed by atoms with Gasteiger partial charge in [-0.25, -0.2) is 0 Å². The Morgan fingerprint density at radius 2 is 0.852 bits per heavy atom. The number of anilines is 2. The SMILES string of the molecule is CC1(C)OB(c2ccc(N)cc2)OC1(C)C.CC1(C)c2ccccc2-c2ccc(-c3ccc(N)cc3)cc21.CC1(C)c2ccccc2-c2ccc(Br)cc21. The zero-order valence-corrected chi connectivity index (χ0v) is 34.2. The van der Waals surface area contributed by atoms with Crippen LogP contribution in [0.5, 0.6) is 0 Å². The van der Waals surface area contributed by atoms with Gasteiger partial charge >= 0.3 is 7.12 Å². The van der Waals surface area contributed by atoms with Crippen molar-refractivity contribution in [3.05, 3.63) is 160 Å². The minimum Gasteiger partial charge on any atom is -0.399 e. The van der Waals surface area contributed by atoms with Gasteiger partial charge in [0.1, 0.15) is 0 Å². The Morgan fingerprint density at radius 3 is 1.37 bits per heavy atom. The van der Waals surface area contributed by atoms with E-state index < -0.39 is 0 Å². The Balaban J connectivity index is 0.000000128. The predicted octanol–water partition coefficient (Wildman–Crippen LogP) is 11.6. The van der Waals surface area contributed by atoms with Crippen LogP contribution in [0.4, 0.5) is 11.4 Å². The number of fused-ring (bicyclic) bond motifs is 6. The fourth-order valence-corrected chi connectivity index (χ4v) is 8.23. The topological polar surface area (TPSA) is 70.5 Å². The zero-order valence-electron chi connectivity index (χ0n) is 32.6. The number of hydrogen-bond acceptors (Lipinski definition) is 4. The van der Waals surface area contributed by atoms with Gasteiger partial charge in [0.25, 0.3) is 0 Å². The number of nitrogens with two attached hydrogens (primary N) is 2. The number of benzene rings is 6. The molecule has 6 aromatic carbocycles. The van der Waals surface area contributed by atoms with Crippen LogP contribution < -0.4 is 16.9 Å². The van der Waals surface area contributed by atoms with Crippen LogP contribution in [0.2, 0.25) is 0 Å². The lowest BCUT2D eigenvalue weighted by Gasteiger charge is -2.32. The Bertz CT molecular complexity index is 2310. The minimum absolute atomic E-state index is 0.0513. The fraction of sp³-hybridized carbons (Fsp3) is 0.250. The lowest BCUT2D eigenvalue weighted by molar-refractivity contribution is 0.00578. The summed E-state index contributed by atoms with van der Waals surface area (Å²) in [6.07, 6.45) is 0. The van der Waals surface area contributed by atoms with Gasteiger partial charge < -0.3 is 20.8 Å². The summed E-state index contributed by atoms with van der Waals surface area (Å²) < 4.78 is 13.0. The van der Waals surface area contributed by atoms with E-state index >= 15 is 0 Å². The third-order valence-corrected chi connectivity index (χ3v) is 12.3. The summed E-state index contributed by atoms with van der Waals surface area (Å²) in [6, 6.07) is 46.5. The van der Waals surface area contributed by atoms with Crippen molar-refractivity contribution in [1.82, 2.24) is 0 Å². The maximum absolute atomic E-state index is 5.93. The van der Waals surface area contributed by atoms with E-state index in [1.165, 1.54) is 55.6 Å². The summed E-state index contributed by atoms with van der Waals surface area (Å²) in [7, 11) is -0.300. The molecule has 0 amide bonds. The summed E-state index contributed by atoms with van der Waals surface area (Å²) in [5.41, 5.74) is 27.2. The van der Waals surface area contributed by atoms with Crippen molar-refractivity contribution in [2.75, 3.05) is 11.5 Å². The van der Waals surface area contributed by atoms with Crippen molar-refractivity contribution in [1.29, 1.82) is 0 Å². The molecule has 0 aromatic heterocycles. The van der Waals surface area contributed by atoms with E-state index in [0.29, 0.717) is 0 Å². The van der Waals surface area contributed by atoms with E-state index in [4.69, 9.17) is 20.8 Å². The molecule has 0 spiro atoms. The second-order valence-electron chi connectivity index (χ2n) is 16.7. The second-order valence-corrected chi connectivity index (χ2v) is 17.6. The molecule has 1 aliphatic heterocycles. The van der Waals surface area contributed by atoms with Gasteiger partial charge in [-0.05, 0) is 131 Å². The predicted molar refractivity (Wildman–Crippen MR) is 232 cm³/mol. The first-order valence-corrected chi connectivity index (χ1v) is 19.5. The Labute approximate surface area is 330 Å². The molecule has 9 rings (SSSR count). The molecule has 0 bridgehead atoms. The average molecular weight is 778 g/mol. The molecule has 0 radical (unpaired) electrons. The third-order valence-electron chi connectivity index (χ3n) is 11.8. The lowest BCUT2D eigenvalue weighted by atomic mass is 9.79. The van der Waals surface area contributed by atoms with Gasteiger partial charge in [-0.3, -0.25) is 0 Å². The molecule has 0 atom stereocenters. The zero-order chi connectivity index (χ0) is 38.6. The van der Waals surface area contributed by atoms with E-state index in [1.807, 2.05) is 64.1 Å². The van der Waals surface area contributed by atoms with E-state index in [2.05, 4.69) is 141 Å². The molecule has 4 N–H and O–H groups in total. The molecule has 274 valence electrons. The molecule has 0 unspecified atom stereocenters. The Hall–Kier alpha value is -4.62. The minimum atomic E-state index is -0.300. The molecular weight excluding hydrogens is 727 g/mol. The molecule has 6 heteroatoms. The standard InChI is InChI=1S/C21H19N.C15H13Br.C12H18BNO2/c1-21(2)19-6-4-3-5-17(19)18-12-9-15(13-20(18)21)14-7-10-16(22)11-8-14;1-15(2)13-6-4-3-5-11(13)12-8-7-10(16)9-14(12)15;1-11(2)12(3,4)16-13(15-11)9-5-7-10(14)8-6-9/h3-13H,22H2,1-2H3;3-9H,1-2H3;5-8H,14H2,1-4H3. The molecule has 2 aliphatic carbocycles. The van der Waals surface area contributed by atoms with Gasteiger partial charge in [-0.15, -0.1) is 0 Å². The third kappa shape index (κ3) is 6.81. The summed E-state index contributed by atoms with van der Waals surface area (Å²) >= 11 is 3.56. The normalized spacial score (nSPS) is 17.2. The fourth-order valence-electron chi connectivity index (χ4n) is 7.87. The Kier molecular flexibility index (Phi) is 9.71. The van der Waals surface area contributed by atoms with Gasteiger partial charge in [0, 0.05) is 26.7 Å². The second kappa shape index (κ2) is 13.9. The number of nitrogen functional groups attached to an aromatic ring is 2. The number of rotatable bonds is 2. The highest BCUT2D eigenvalue weighted by Crippen LogP contribution is 2.50. The van der Waals surface area contributed by atoms with E-state index in [1.54, 1.807) is 0 Å². The molecule has 0 saturated carbocycles. The smallest absolute Gasteiger partial charge is 0.399 e. The maximum Gasteiger partial charge on any atom is 0.494 e. The van der Waals surface area contributed by atoms with Crippen molar-refractivity contribution in [3.63, 3.8) is 0 Å². The van der Waals surface area contributed by atoms with Crippen molar-refractivity contribution in [3.8, 4) is 33.4 Å². The number of halogens is 1. The lowest BCUT2D eigenvalue weighted by Crippen LogP contribution is -2.41. The van der Waals surface area contributed by atoms with E-state index in [0.717, 1.165) is 21.3 Å². The van der Waals surface area contributed by atoms with E-state index in [9.17, 15) is 0 Å². The van der Waals surface area contributed by atoms with Crippen molar-refractivity contribution < 1.29 is 9.31 Å². The summed E-state index contributed by atoms with van der Waals surface area (Å²) in [5.74, 6) is 0. The van der Waals surface area contributed by atoms with Gasteiger partial charge in [0.2, 0.25) is 0 Å². The van der Waals surface area contributed by atoms with Crippen LogP contribution >= 0.6 is 15.9 Å². The highest BCUT2D eigenvalue weighted by Gasteiger charge is 2.51. The first-order valence-electron chi connectivity index (χ1n) is 18.7. The average Bonchev–Trinajstić information content (AvgIpc) is 3.62. The first kappa shape index (κ1) is 37.7. The van der Waals surface area contributed by atoms with Crippen molar-refractivity contribution in [2.45, 2.75) is 77.4 Å². The number of hydrogen-bond donors (Lipinski definition) is 2. The summed E-state index contributed by atoms with van der Waals surface area (Å²) in [6.45, 7) is 17.4. The van der Waals surface area contributed by atoms with Crippen molar-refractivity contribution in [2.24, 2.45) is 0 Å². The summed E-state index contributed by atoms with van der Waals surface area (Å²) in [4.78, 5) is 0. The van der Waals surface area contributed by atoms with Crippen LogP contribution in [0.1, 0.15) is 77.6 Å². The highest BCUT2D eigenvalue weighted by molar-refractivity contribution is 9.10. The van der Waals surface area contributed by atoms with Gasteiger partial charge in [0.05, 0.1) is 11.2 Å². The van der Waals surface area contributed by atoms with Gasteiger partial charge in [-0.2, -0.15) is 0 Å². The van der Waals surface area contributed by atoms with E-state index in [-0.39, 0.29) is 29.2 Å². The Morgan fingerprint density at radius 1 is 0.444 bits per heavy atom. The quantitative estimate of drug-likeness (QED) is 0.136. The van der Waals surface area contributed by atoms with Crippen LogP contribution in [0.25, 0.3) is 33.4 Å². The molecule has 3 aliphatic rings. The van der Waals surface area contributed by atoms with Crippen LogP contribution in [0.15, 0.2) is 138 Å². The molecule has 1 saturated heterocycles. The first-order chi connectivity index (χ1) is 25.5. The highest BCUT2D eigenvalue weighted by atomic mass is 79.9. The molecule has 4 nitrogen and oxygen atoms in total. The van der Waals surface area contributed by atoms with Crippen LogP contribution in [-0.4, -0.2) is 18.3 Å². The summed E-state index contributed by atoms with van der Waals surface area (Å²) in [5, 5.41) is 0. The van der Waals surface area contributed by atoms with Crippen LogP contribution in [0, 0.1) is 0 Å². The van der Waals surface area contributed by atoms with Gasteiger partial charge in [-0.1, -0.05) is 135 Å². The molecule has 6 aromatic rings. The molecular formula is C48H50BBrN2O2. The largest absolute Gasteiger partial charge is 0.494 e. The van der Waals surface area contributed by atoms with Crippen molar-refractivity contribution >= 4 is 39.9 Å². The molecule has 1 heterocycles. The maximum atomic E-state index is 5.93. The van der Waals surface area contributed by atoms with Crippen LogP contribution in [0.3, 0.4) is 0 Å². The molecule has 1 fully saturated rings. The van der Waals surface area contributed by atoms with Crippen LogP contribution in [-0.2, 0) is 20.1 Å². The molecule has 54 heavy (non-hydrogen) atoms. The monoisotopic (exact) mass is 776 g/mol. The van der Waals surface area contributed by atoms with Gasteiger partial charge in [0.15, 0.2) is 0 Å².